The molecule has 0 atom stereocenters. The number of ether oxygens (including phenoxy) is 1. The number of benzene rings is 2. The Morgan fingerprint density at radius 2 is 1.80 bits per heavy atom. The molecule has 0 aromatic heterocycles. The molecular formula is C21H19N3O5S. The van der Waals surface area contributed by atoms with Gasteiger partial charge in [0.05, 0.1) is 12.3 Å². The van der Waals surface area contributed by atoms with E-state index in [2.05, 4.69) is 5.32 Å². The van der Waals surface area contributed by atoms with Crippen LogP contribution in [0.15, 0.2) is 54.6 Å². The minimum atomic E-state index is -0.555. The Bertz CT molecular complexity index is 971. The Labute approximate surface area is 177 Å². The second-order valence-electron chi connectivity index (χ2n) is 6.38. The van der Waals surface area contributed by atoms with Crippen molar-refractivity contribution >= 4 is 46.5 Å². The Hall–Kier alpha value is -3.59. The topological polar surface area (TPSA) is 119 Å². The molecule has 2 aromatic carbocycles. The summed E-state index contributed by atoms with van der Waals surface area (Å²) in [7, 11) is 0. The molecule has 30 heavy (non-hydrogen) atoms. The highest BCUT2D eigenvalue weighted by atomic mass is 32.2. The number of anilines is 1. The van der Waals surface area contributed by atoms with Crippen molar-refractivity contribution in [3.05, 3.63) is 65.7 Å². The zero-order chi connectivity index (χ0) is 21.5. The predicted molar refractivity (Wildman–Crippen MR) is 114 cm³/mol. The fourth-order valence-corrected chi connectivity index (χ4v) is 3.32. The van der Waals surface area contributed by atoms with Crippen LogP contribution in [-0.2, 0) is 20.9 Å². The van der Waals surface area contributed by atoms with E-state index in [0.29, 0.717) is 11.4 Å². The van der Waals surface area contributed by atoms with Crippen molar-refractivity contribution in [2.45, 2.75) is 6.54 Å². The summed E-state index contributed by atoms with van der Waals surface area (Å²) in [4.78, 5) is 47.3. The molecule has 1 aliphatic heterocycles. The fraction of sp³-hybridized carbons (Fsp3) is 0.143. The number of primary amides is 1. The van der Waals surface area contributed by atoms with Crippen LogP contribution in [0, 0.1) is 0 Å². The Kier molecular flexibility index (Phi) is 6.87. The van der Waals surface area contributed by atoms with Crippen LogP contribution in [0.4, 0.5) is 10.5 Å². The van der Waals surface area contributed by atoms with Crippen molar-refractivity contribution in [1.82, 2.24) is 4.90 Å². The van der Waals surface area contributed by atoms with Gasteiger partial charge in [-0.3, -0.25) is 24.1 Å². The van der Waals surface area contributed by atoms with Crippen LogP contribution in [-0.4, -0.2) is 40.2 Å². The number of amides is 4. The molecule has 4 amide bonds. The zero-order valence-electron chi connectivity index (χ0n) is 15.9. The molecule has 1 heterocycles. The number of nitrogens with zero attached hydrogens (tertiary/aromatic N) is 1. The smallest absolute Gasteiger partial charge is 0.289 e. The summed E-state index contributed by atoms with van der Waals surface area (Å²) in [5.74, 6) is -0.368. The molecule has 8 nitrogen and oxygen atoms in total. The first-order chi connectivity index (χ1) is 14.4. The highest BCUT2D eigenvalue weighted by molar-refractivity contribution is 8.14. The quantitative estimate of drug-likeness (QED) is 0.627. The molecule has 0 unspecified atom stereocenters. The molecule has 0 saturated carbocycles. The van der Waals surface area contributed by atoms with Gasteiger partial charge in [-0.1, -0.05) is 36.0 Å². The second-order valence-corrected chi connectivity index (χ2v) is 7.30. The van der Waals surface area contributed by atoms with E-state index in [-0.39, 0.29) is 36.0 Å². The van der Waals surface area contributed by atoms with Gasteiger partial charge in [0.1, 0.15) is 5.75 Å². The van der Waals surface area contributed by atoms with Crippen LogP contribution < -0.4 is 15.8 Å². The molecule has 0 bridgehead atoms. The van der Waals surface area contributed by atoms with E-state index in [4.69, 9.17) is 10.5 Å². The van der Waals surface area contributed by atoms with Crippen molar-refractivity contribution in [1.29, 1.82) is 0 Å². The molecule has 0 radical (unpaired) electrons. The molecule has 1 aliphatic rings. The van der Waals surface area contributed by atoms with Crippen LogP contribution in [0.1, 0.15) is 11.1 Å². The maximum absolute atomic E-state index is 12.1. The second kappa shape index (κ2) is 9.75. The minimum absolute atomic E-state index is 0.183. The van der Waals surface area contributed by atoms with E-state index in [9.17, 15) is 19.2 Å². The highest BCUT2D eigenvalue weighted by Crippen LogP contribution is 2.22. The first-order valence-electron chi connectivity index (χ1n) is 8.97. The number of nitrogens with two attached hydrogens (primary N) is 1. The third-order valence-corrected chi connectivity index (χ3v) is 4.95. The molecule has 0 spiro atoms. The highest BCUT2D eigenvalue weighted by Gasteiger charge is 2.29. The average molecular weight is 425 g/mol. The van der Waals surface area contributed by atoms with E-state index in [1.165, 1.54) is 11.0 Å². The first-order valence-corrected chi connectivity index (χ1v) is 9.95. The van der Waals surface area contributed by atoms with Gasteiger partial charge in [0.2, 0.25) is 11.8 Å². The lowest BCUT2D eigenvalue weighted by Gasteiger charge is -2.13. The molecule has 1 fully saturated rings. The molecule has 3 N–H and O–H groups in total. The monoisotopic (exact) mass is 425 g/mol. The van der Waals surface area contributed by atoms with E-state index in [1.54, 1.807) is 54.6 Å². The van der Waals surface area contributed by atoms with Gasteiger partial charge in [-0.25, -0.2) is 0 Å². The normalized spacial score (nSPS) is 13.7. The summed E-state index contributed by atoms with van der Waals surface area (Å²) >= 11 is 0.999. The van der Waals surface area contributed by atoms with E-state index in [0.717, 1.165) is 22.9 Å². The summed E-state index contributed by atoms with van der Waals surface area (Å²) in [6.45, 7) is 0.0257. The minimum Gasteiger partial charge on any atom is -0.484 e. The number of thioether (sulfide) groups is 1. The molecule has 2 aromatic rings. The SMILES string of the molecule is NC(=O)COc1ccc(/C=C/C(=O)Nc2ccc(CN3C(=O)CSC3=O)cc2)cc1. The number of imide groups is 1. The van der Waals surface area contributed by atoms with Gasteiger partial charge in [0.15, 0.2) is 6.61 Å². The number of hydrogen-bond donors (Lipinski definition) is 2. The summed E-state index contributed by atoms with van der Waals surface area (Å²) in [6, 6.07) is 13.8. The zero-order valence-corrected chi connectivity index (χ0v) is 16.7. The van der Waals surface area contributed by atoms with Gasteiger partial charge in [0.25, 0.3) is 11.1 Å². The van der Waals surface area contributed by atoms with E-state index in [1.807, 2.05) is 0 Å². The number of rotatable bonds is 8. The molecule has 9 heteroatoms. The predicted octanol–water partition coefficient (Wildman–Crippen LogP) is 2.40. The molecule has 3 rings (SSSR count). The van der Waals surface area contributed by atoms with Crippen LogP contribution in [0.5, 0.6) is 5.75 Å². The first kappa shape index (κ1) is 21.1. The summed E-state index contributed by atoms with van der Waals surface area (Å²) in [5, 5.41) is 2.50. The van der Waals surface area contributed by atoms with Crippen molar-refractivity contribution in [3.8, 4) is 5.75 Å². The maximum Gasteiger partial charge on any atom is 0.289 e. The fourth-order valence-electron chi connectivity index (χ4n) is 2.60. The molecule has 154 valence electrons. The molecular weight excluding hydrogens is 406 g/mol. The lowest BCUT2D eigenvalue weighted by Crippen LogP contribution is -2.27. The van der Waals surface area contributed by atoms with Crippen molar-refractivity contribution < 1.29 is 23.9 Å². The Morgan fingerprint density at radius 3 is 2.40 bits per heavy atom. The number of hydrogen-bond acceptors (Lipinski definition) is 6. The Balaban J connectivity index is 1.51. The van der Waals surface area contributed by atoms with Gasteiger partial charge >= 0.3 is 0 Å². The van der Waals surface area contributed by atoms with Gasteiger partial charge in [0, 0.05) is 11.8 Å². The van der Waals surface area contributed by atoms with Crippen molar-refractivity contribution in [3.63, 3.8) is 0 Å². The third-order valence-electron chi connectivity index (χ3n) is 4.09. The van der Waals surface area contributed by atoms with E-state index >= 15 is 0 Å². The maximum atomic E-state index is 12.1. The number of carbonyl (C=O) groups is 4. The summed E-state index contributed by atoms with van der Waals surface area (Å²) in [6.07, 6.45) is 3.04. The molecule has 1 saturated heterocycles. The lowest BCUT2D eigenvalue weighted by atomic mass is 10.2. The average Bonchev–Trinajstić information content (AvgIpc) is 3.05. The van der Waals surface area contributed by atoms with Crippen LogP contribution in [0.3, 0.4) is 0 Å². The lowest BCUT2D eigenvalue weighted by molar-refractivity contribution is -0.125. The third kappa shape index (κ3) is 5.95. The van der Waals surface area contributed by atoms with Crippen LogP contribution in [0.25, 0.3) is 6.08 Å². The summed E-state index contributed by atoms with van der Waals surface area (Å²) in [5.41, 5.74) is 7.19. The standard InChI is InChI=1S/C21H19N3O5S/c22-18(25)12-29-17-8-3-14(4-9-17)5-10-19(26)23-16-6-1-15(2-7-16)11-24-20(27)13-30-21(24)28/h1-10H,11-13H2,(H2,22,25)(H,23,26)/b10-5+. The largest absolute Gasteiger partial charge is 0.484 e. The van der Waals surface area contributed by atoms with Crippen LogP contribution >= 0.6 is 11.8 Å². The van der Waals surface area contributed by atoms with Gasteiger partial charge in [-0.2, -0.15) is 0 Å². The van der Waals surface area contributed by atoms with Crippen molar-refractivity contribution in [2.75, 3.05) is 17.7 Å². The van der Waals surface area contributed by atoms with Gasteiger partial charge in [-0.05, 0) is 41.5 Å². The van der Waals surface area contributed by atoms with E-state index < -0.39 is 5.91 Å². The van der Waals surface area contributed by atoms with Crippen LogP contribution in [0.2, 0.25) is 0 Å². The summed E-state index contributed by atoms with van der Waals surface area (Å²) < 4.78 is 5.17. The molecule has 0 aliphatic carbocycles. The number of carbonyl (C=O) groups excluding carboxylic acids is 4. The Morgan fingerprint density at radius 1 is 1.10 bits per heavy atom. The number of nitrogens with one attached hydrogen (secondary N) is 1. The van der Waals surface area contributed by atoms with Gasteiger partial charge in [-0.15, -0.1) is 0 Å². The van der Waals surface area contributed by atoms with Crippen molar-refractivity contribution in [2.24, 2.45) is 5.73 Å². The van der Waals surface area contributed by atoms with Gasteiger partial charge < -0.3 is 15.8 Å².